The molecule has 1 aromatic heterocycles. The molecule has 0 aliphatic carbocycles. The number of hydrogen-bond acceptors (Lipinski definition) is 4. The summed E-state index contributed by atoms with van der Waals surface area (Å²) in [5, 5.41) is 4.67. The average Bonchev–Trinajstić information content (AvgIpc) is 2.64. The molecule has 2 heterocycles. The number of amides is 2. The molecule has 132 valence electrons. The summed E-state index contributed by atoms with van der Waals surface area (Å²) in [6.45, 7) is 1.97. The quantitative estimate of drug-likeness (QED) is 0.892. The maximum absolute atomic E-state index is 13.5. The van der Waals surface area contributed by atoms with E-state index in [0.717, 1.165) is 43.9 Å². The molecule has 6 nitrogen and oxygen atoms in total. The number of carbonyl (C=O) groups is 1. The molecule has 0 radical (unpaired) electrons. The largest absolute Gasteiger partial charge is 0.357 e. The first kappa shape index (κ1) is 17.1. The highest BCUT2D eigenvalue weighted by Crippen LogP contribution is 2.18. The fourth-order valence-electron chi connectivity index (χ4n) is 2.71. The second kappa shape index (κ2) is 7.87. The Labute approximate surface area is 144 Å². The molecule has 3 rings (SSSR count). The van der Waals surface area contributed by atoms with Crippen LogP contribution in [0.2, 0.25) is 0 Å². The highest BCUT2D eigenvalue weighted by Gasteiger charge is 2.14. The molecule has 1 aliphatic heterocycles. The number of piperidine rings is 1. The minimum Gasteiger partial charge on any atom is -0.357 e. The standard InChI is InChI=1S/C17H19F2N5O/c18-12-5-4-6-13(19)16(12)23-17(25)21-11-14-20-8-7-15(22-14)24-9-2-1-3-10-24/h4-8H,1-3,9-11H2,(H2,21,23,25). The van der Waals surface area contributed by atoms with Gasteiger partial charge in [-0.3, -0.25) is 0 Å². The van der Waals surface area contributed by atoms with E-state index < -0.39 is 23.4 Å². The van der Waals surface area contributed by atoms with Crippen molar-refractivity contribution in [3.8, 4) is 0 Å². The molecular weight excluding hydrogens is 328 g/mol. The minimum atomic E-state index is -0.835. The number of nitrogens with zero attached hydrogens (tertiary/aromatic N) is 3. The molecule has 2 amide bonds. The zero-order valence-corrected chi connectivity index (χ0v) is 13.6. The topological polar surface area (TPSA) is 70.2 Å². The summed E-state index contributed by atoms with van der Waals surface area (Å²) >= 11 is 0. The first-order chi connectivity index (χ1) is 12.1. The number of aromatic nitrogens is 2. The Morgan fingerprint density at radius 3 is 2.56 bits per heavy atom. The third kappa shape index (κ3) is 4.40. The molecule has 1 saturated heterocycles. The van der Waals surface area contributed by atoms with Gasteiger partial charge in [0, 0.05) is 19.3 Å². The first-order valence-electron chi connectivity index (χ1n) is 8.19. The summed E-state index contributed by atoms with van der Waals surface area (Å²) in [5.74, 6) is -0.406. The van der Waals surface area contributed by atoms with Gasteiger partial charge >= 0.3 is 6.03 Å². The normalized spacial score (nSPS) is 14.2. The Morgan fingerprint density at radius 1 is 1.12 bits per heavy atom. The molecule has 0 unspecified atom stereocenters. The third-order valence-corrected chi connectivity index (χ3v) is 3.98. The van der Waals surface area contributed by atoms with E-state index in [1.165, 1.54) is 12.5 Å². The summed E-state index contributed by atoms with van der Waals surface area (Å²) in [6, 6.07) is 4.49. The van der Waals surface area contributed by atoms with E-state index >= 15 is 0 Å². The average molecular weight is 347 g/mol. The Balaban J connectivity index is 1.58. The zero-order valence-electron chi connectivity index (χ0n) is 13.6. The third-order valence-electron chi connectivity index (χ3n) is 3.98. The predicted octanol–water partition coefficient (Wildman–Crippen LogP) is 3.07. The number of rotatable bonds is 4. The fraction of sp³-hybridized carbons (Fsp3) is 0.353. The summed E-state index contributed by atoms with van der Waals surface area (Å²) in [4.78, 5) is 22.6. The molecule has 0 spiro atoms. The lowest BCUT2D eigenvalue weighted by atomic mass is 10.1. The van der Waals surface area contributed by atoms with E-state index in [2.05, 4.69) is 25.5 Å². The summed E-state index contributed by atoms with van der Waals surface area (Å²) in [7, 11) is 0. The Hall–Kier alpha value is -2.77. The maximum atomic E-state index is 13.5. The number of para-hydroxylation sites is 1. The van der Waals surface area contributed by atoms with Crippen LogP contribution in [-0.2, 0) is 6.54 Å². The Bertz CT molecular complexity index is 729. The number of nitrogens with one attached hydrogen (secondary N) is 2. The number of urea groups is 1. The van der Waals surface area contributed by atoms with E-state index in [-0.39, 0.29) is 6.54 Å². The van der Waals surface area contributed by atoms with Crippen LogP contribution < -0.4 is 15.5 Å². The van der Waals surface area contributed by atoms with Crippen LogP contribution in [0.25, 0.3) is 0 Å². The molecule has 2 aromatic rings. The van der Waals surface area contributed by atoms with Crippen LogP contribution in [0.15, 0.2) is 30.5 Å². The van der Waals surface area contributed by atoms with Gasteiger partial charge in [0.05, 0.1) is 6.54 Å². The second-order valence-electron chi connectivity index (χ2n) is 5.78. The number of carbonyl (C=O) groups excluding carboxylic acids is 1. The van der Waals surface area contributed by atoms with Crippen molar-refractivity contribution in [3.05, 3.63) is 47.9 Å². The molecule has 0 bridgehead atoms. The van der Waals surface area contributed by atoms with Gasteiger partial charge in [-0.25, -0.2) is 23.5 Å². The predicted molar refractivity (Wildman–Crippen MR) is 90.3 cm³/mol. The van der Waals surface area contributed by atoms with Crippen LogP contribution in [0.4, 0.5) is 25.1 Å². The molecule has 0 saturated carbocycles. The summed E-state index contributed by atoms with van der Waals surface area (Å²) in [6.07, 6.45) is 5.13. The molecule has 0 atom stereocenters. The highest BCUT2D eigenvalue weighted by molar-refractivity contribution is 5.89. The van der Waals surface area contributed by atoms with Crippen LogP contribution in [0.3, 0.4) is 0 Å². The SMILES string of the molecule is O=C(NCc1nccc(N2CCCCC2)n1)Nc1c(F)cccc1F. The lowest BCUT2D eigenvalue weighted by Crippen LogP contribution is -2.32. The molecule has 1 fully saturated rings. The van der Waals surface area contributed by atoms with Crippen molar-refractivity contribution in [1.82, 2.24) is 15.3 Å². The van der Waals surface area contributed by atoms with Crippen molar-refractivity contribution in [3.63, 3.8) is 0 Å². The summed E-state index contributed by atoms with van der Waals surface area (Å²) < 4.78 is 27.0. The van der Waals surface area contributed by atoms with Crippen molar-refractivity contribution >= 4 is 17.5 Å². The number of benzene rings is 1. The van der Waals surface area contributed by atoms with Gasteiger partial charge < -0.3 is 15.5 Å². The molecule has 25 heavy (non-hydrogen) atoms. The van der Waals surface area contributed by atoms with E-state index in [0.29, 0.717) is 5.82 Å². The first-order valence-corrected chi connectivity index (χ1v) is 8.19. The van der Waals surface area contributed by atoms with Gasteiger partial charge in [-0.2, -0.15) is 0 Å². The van der Waals surface area contributed by atoms with Crippen LogP contribution in [0.1, 0.15) is 25.1 Å². The number of hydrogen-bond donors (Lipinski definition) is 2. The maximum Gasteiger partial charge on any atom is 0.319 e. The van der Waals surface area contributed by atoms with Gasteiger partial charge in [0.15, 0.2) is 0 Å². The van der Waals surface area contributed by atoms with Crippen molar-refractivity contribution in [2.24, 2.45) is 0 Å². The van der Waals surface area contributed by atoms with E-state index in [9.17, 15) is 13.6 Å². The smallest absolute Gasteiger partial charge is 0.319 e. The monoisotopic (exact) mass is 347 g/mol. The van der Waals surface area contributed by atoms with E-state index in [1.807, 2.05) is 6.07 Å². The number of halogens is 2. The molecular formula is C17H19F2N5O. The van der Waals surface area contributed by atoms with Gasteiger partial charge in [-0.05, 0) is 37.5 Å². The lowest BCUT2D eigenvalue weighted by Gasteiger charge is -2.27. The zero-order chi connectivity index (χ0) is 17.6. The van der Waals surface area contributed by atoms with Crippen molar-refractivity contribution in [1.29, 1.82) is 0 Å². The van der Waals surface area contributed by atoms with Gasteiger partial charge in [0.1, 0.15) is 29.0 Å². The Kier molecular flexibility index (Phi) is 5.37. The Morgan fingerprint density at radius 2 is 1.84 bits per heavy atom. The van der Waals surface area contributed by atoms with Crippen LogP contribution in [-0.4, -0.2) is 29.1 Å². The lowest BCUT2D eigenvalue weighted by molar-refractivity contribution is 0.251. The summed E-state index contributed by atoms with van der Waals surface area (Å²) in [5.41, 5.74) is -0.483. The van der Waals surface area contributed by atoms with Crippen LogP contribution >= 0.6 is 0 Å². The number of anilines is 2. The fourth-order valence-corrected chi connectivity index (χ4v) is 2.71. The van der Waals surface area contributed by atoms with Crippen molar-refractivity contribution in [2.75, 3.05) is 23.3 Å². The van der Waals surface area contributed by atoms with Crippen molar-refractivity contribution in [2.45, 2.75) is 25.8 Å². The van der Waals surface area contributed by atoms with E-state index in [1.54, 1.807) is 6.20 Å². The molecule has 2 N–H and O–H groups in total. The molecule has 1 aromatic carbocycles. The molecule has 8 heteroatoms. The van der Waals surface area contributed by atoms with Crippen LogP contribution in [0.5, 0.6) is 0 Å². The van der Waals surface area contributed by atoms with Crippen molar-refractivity contribution < 1.29 is 13.6 Å². The minimum absolute atomic E-state index is 0.0591. The second-order valence-corrected chi connectivity index (χ2v) is 5.78. The van der Waals surface area contributed by atoms with Crippen LogP contribution in [0, 0.1) is 11.6 Å². The highest BCUT2D eigenvalue weighted by atomic mass is 19.1. The van der Waals surface area contributed by atoms with Gasteiger partial charge in [0.25, 0.3) is 0 Å². The van der Waals surface area contributed by atoms with Gasteiger partial charge in [-0.1, -0.05) is 6.07 Å². The van der Waals surface area contributed by atoms with Gasteiger partial charge in [-0.15, -0.1) is 0 Å². The van der Waals surface area contributed by atoms with Gasteiger partial charge in [0.2, 0.25) is 0 Å². The van der Waals surface area contributed by atoms with E-state index in [4.69, 9.17) is 0 Å². The molecule has 1 aliphatic rings.